The summed E-state index contributed by atoms with van der Waals surface area (Å²) < 4.78 is 11.9. The number of morpholine rings is 1. The molecule has 1 aliphatic rings. The number of methoxy groups -OCH3 is 1. The molecule has 2 rings (SSSR count). The molecule has 1 fully saturated rings. The Labute approximate surface area is 142 Å². The van der Waals surface area contributed by atoms with E-state index in [1.54, 1.807) is 25.3 Å². The maximum atomic E-state index is 12.7. The minimum Gasteiger partial charge on any atom is -0.496 e. The van der Waals surface area contributed by atoms with Crippen LogP contribution in [0.4, 0.5) is 0 Å². The quantitative estimate of drug-likeness (QED) is 0.702. The van der Waals surface area contributed by atoms with Crippen molar-refractivity contribution in [3.05, 3.63) is 28.2 Å². The molecular weight excluding hydrogens is 402 g/mol. The molecule has 0 bridgehead atoms. The number of hydrogen-bond donors (Lipinski definition) is 0. The van der Waals surface area contributed by atoms with Crippen LogP contribution < -0.4 is 4.74 Å². The predicted molar refractivity (Wildman–Crippen MR) is 89.3 cm³/mol. The van der Waals surface area contributed by atoms with E-state index in [9.17, 15) is 4.79 Å². The Bertz CT molecular complexity index is 534. The lowest BCUT2D eigenvalue weighted by atomic mass is 10.0. The molecule has 0 spiro atoms. The average molecular weight is 421 g/mol. The maximum Gasteiger partial charge on any atom is 0.254 e. The van der Waals surface area contributed by atoms with Crippen molar-refractivity contribution in [2.24, 2.45) is 0 Å². The van der Waals surface area contributed by atoms with E-state index in [-0.39, 0.29) is 17.6 Å². The van der Waals surface area contributed by atoms with E-state index in [4.69, 9.17) is 9.47 Å². The normalized spacial score (nSPS) is 21.2. The number of halogens is 2. The van der Waals surface area contributed by atoms with Crippen molar-refractivity contribution in [1.29, 1.82) is 0 Å². The van der Waals surface area contributed by atoms with Crippen LogP contribution in [0.1, 0.15) is 24.2 Å². The van der Waals surface area contributed by atoms with Crippen LogP contribution in [0.3, 0.4) is 0 Å². The van der Waals surface area contributed by atoms with E-state index >= 15 is 0 Å². The highest BCUT2D eigenvalue weighted by Gasteiger charge is 2.35. The first-order chi connectivity index (χ1) is 9.86. The molecule has 0 saturated carbocycles. The summed E-state index contributed by atoms with van der Waals surface area (Å²) in [6.45, 7) is 5.19. The zero-order valence-electron chi connectivity index (χ0n) is 12.4. The highest BCUT2D eigenvalue weighted by molar-refractivity contribution is 9.10. The first-order valence-electron chi connectivity index (χ1n) is 6.73. The van der Waals surface area contributed by atoms with Gasteiger partial charge in [0.1, 0.15) is 5.75 Å². The summed E-state index contributed by atoms with van der Waals surface area (Å²) in [4.78, 5) is 14.5. The Balaban J connectivity index is 2.20. The Kier molecular flexibility index (Phi) is 5.33. The predicted octanol–water partition coefficient (Wildman–Crippen LogP) is 3.47. The molecule has 0 aromatic heterocycles. The second-order valence-electron chi connectivity index (χ2n) is 5.69. The highest BCUT2D eigenvalue weighted by Crippen LogP contribution is 2.28. The second-order valence-corrected chi connectivity index (χ2v) is 7.19. The van der Waals surface area contributed by atoms with Gasteiger partial charge in [-0.25, -0.2) is 0 Å². The number of carbonyl (C=O) groups is 1. The molecule has 1 heterocycles. The van der Waals surface area contributed by atoms with Gasteiger partial charge in [0.05, 0.1) is 23.3 Å². The van der Waals surface area contributed by atoms with E-state index in [2.05, 4.69) is 31.9 Å². The number of rotatable bonds is 3. The average Bonchev–Trinajstić information content (AvgIpc) is 2.44. The van der Waals surface area contributed by atoms with E-state index in [1.807, 2.05) is 18.7 Å². The fraction of sp³-hybridized carbons (Fsp3) is 0.533. The van der Waals surface area contributed by atoms with Crippen molar-refractivity contribution in [3.63, 3.8) is 0 Å². The van der Waals surface area contributed by atoms with Gasteiger partial charge in [0.25, 0.3) is 5.91 Å². The largest absolute Gasteiger partial charge is 0.496 e. The van der Waals surface area contributed by atoms with Crippen molar-refractivity contribution < 1.29 is 14.3 Å². The molecule has 6 heteroatoms. The van der Waals surface area contributed by atoms with Gasteiger partial charge in [-0.2, -0.15) is 0 Å². The third kappa shape index (κ3) is 3.99. The molecule has 1 unspecified atom stereocenters. The van der Waals surface area contributed by atoms with Crippen molar-refractivity contribution in [3.8, 4) is 5.75 Å². The van der Waals surface area contributed by atoms with E-state index < -0.39 is 0 Å². The second kappa shape index (κ2) is 6.67. The molecular formula is C15H19Br2NO3. The van der Waals surface area contributed by atoms with Crippen LogP contribution in [-0.2, 0) is 4.74 Å². The first-order valence-corrected chi connectivity index (χ1v) is 8.64. The van der Waals surface area contributed by atoms with Crippen LogP contribution in [0.2, 0.25) is 0 Å². The van der Waals surface area contributed by atoms with Gasteiger partial charge in [-0.15, -0.1) is 0 Å². The molecule has 0 aliphatic carbocycles. The van der Waals surface area contributed by atoms with Gasteiger partial charge in [0.15, 0.2) is 0 Å². The number of carbonyl (C=O) groups excluding carboxylic acids is 1. The van der Waals surface area contributed by atoms with Gasteiger partial charge >= 0.3 is 0 Å². The van der Waals surface area contributed by atoms with Crippen molar-refractivity contribution >= 4 is 37.8 Å². The van der Waals surface area contributed by atoms with Gasteiger partial charge in [0.2, 0.25) is 0 Å². The number of alkyl halides is 1. The van der Waals surface area contributed by atoms with Crippen LogP contribution in [-0.4, -0.2) is 48.0 Å². The zero-order valence-corrected chi connectivity index (χ0v) is 15.5. The van der Waals surface area contributed by atoms with Gasteiger partial charge in [-0.1, -0.05) is 15.9 Å². The van der Waals surface area contributed by atoms with Crippen LogP contribution in [0.25, 0.3) is 0 Å². The molecule has 1 atom stereocenters. The summed E-state index contributed by atoms with van der Waals surface area (Å²) in [7, 11) is 1.60. The summed E-state index contributed by atoms with van der Waals surface area (Å²) in [5, 5.41) is 0.715. The molecule has 0 N–H and O–H groups in total. The topological polar surface area (TPSA) is 38.8 Å². The third-order valence-corrected chi connectivity index (χ3v) is 4.68. The van der Waals surface area contributed by atoms with Gasteiger partial charge in [-0.05, 0) is 48.0 Å². The Morgan fingerprint density at radius 1 is 1.52 bits per heavy atom. The molecule has 1 amide bonds. The maximum absolute atomic E-state index is 12.7. The minimum atomic E-state index is -0.337. The highest BCUT2D eigenvalue weighted by atomic mass is 79.9. The van der Waals surface area contributed by atoms with Crippen molar-refractivity contribution in [1.82, 2.24) is 4.90 Å². The minimum absolute atomic E-state index is 0.0133. The van der Waals surface area contributed by atoms with E-state index in [1.165, 1.54) is 0 Å². The van der Waals surface area contributed by atoms with Crippen molar-refractivity contribution in [2.45, 2.75) is 25.6 Å². The standard InChI is InChI=1S/C15H19Br2NO3/c1-15(2)9-18(8-11(7-16)21-15)14(19)10-4-5-13(20-3)12(17)6-10/h4-6,11H,7-9H2,1-3H3. The molecule has 1 aromatic rings. The number of amides is 1. The van der Waals surface area contributed by atoms with Crippen LogP contribution in [0, 0.1) is 0 Å². The third-order valence-electron chi connectivity index (χ3n) is 3.34. The SMILES string of the molecule is COc1ccc(C(=O)N2CC(CBr)OC(C)(C)C2)cc1Br. The Morgan fingerprint density at radius 2 is 2.24 bits per heavy atom. The number of nitrogens with zero attached hydrogens (tertiary/aromatic N) is 1. The summed E-state index contributed by atoms with van der Waals surface area (Å²) in [6.07, 6.45) is 0.0133. The monoisotopic (exact) mass is 419 g/mol. The molecule has 4 nitrogen and oxygen atoms in total. The van der Waals surface area contributed by atoms with Crippen LogP contribution in [0.15, 0.2) is 22.7 Å². The molecule has 1 aliphatic heterocycles. The summed E-state index contributed by atoms with van der Waals surface area (Å²) in [5.41, 5.74) is 0.310. The zero-order chi connectivity index (χ0) is 15.6. The smallest absolute Gasteiger partial charge is 0.254 e. The molecule has 116 valence electrons. The molecule has 0 radical (unpaired) electrons. The van der Waals surface area contributed by atoms with Crippen molar-refractivity contribution in [2.75, 3.05) is 25.5 Å². The first kappa shape index (κ1) is 16.8. The van der Waals surface area contributed by atoms with Gasteiger partial charge in [-0.3, -0.25) is 4.79 Å². The molecule has 1 aromatic carbocycles. The number of benzene rings is 1. The lowest BCUT2D eigenvalue weighted by molar-refractivity contribution is -0.116. The van der Waals surface area contributed by atoms with E-state index in [0.29, 0.717) is 29.7 Å². The molecule has 21 heavy (non-hydrogen) atoms. The Hall–Kier alpha value is -0.590. The fourth-order valence-electron chi connectivity index (χ4n) is 2.51. The summed E-state index contributed by atoms with van der Waals surface area (Å²) >= 11 is 6.86. The van der Waals surface area contributed by atoms with Crippen LogP contribution >= 0.6 is 31.9 Å². The van der Waals surface area contributed by atoms with Gasteiger partial charge in [0, 0.05) is 24.0 Å². The summed E-state index contributed by atoms with van der Waals surface area (Å²) in [5.74, 6) is 0.730. The Morgan fingerprint density at radius 3 is 2.81 bits per heavy atom. The number of ether oxygens (including phenoxy) is 2. The number of hydrogen-bond acceptors (Lipinski definition) is 3. The lowest BCUT2D eigenvalue weighted by Crippen LogP contribution is -2.55. The van der Waals surface area contributed by atoms with Crippen LogP contribution in [0.5, 0.6) is 5.75 Å². The molecule has 1 saturated heterocycles. The van der Waals surface area contributed by atoms with Gasteiger partial charge < -0.3 is 14.4 Å². The van der Waals surface area contributed by atoms with E-state index in [0.717, 1.165) is 4.47 Å². The lowest BCUT2D eigenvalue weighted by Gasteiger charge is -2.42. The summed E-state index contributed by atoms with van der Waals surface area (Å²) in [6, 6.07) is 5.38. The fourth-order valence-corrected chi connectivity index (χ4v) is 3.39.